The van der Waals surface area contributed by atoms with Crippen LogP contribution in [0.4, 0.5) is 0 Å². The SMILES string of the molecule is CC(C)(C)c1ccc2c(c1)OC(Cl)(Cl)O2. The van der Waals surface area contributed by atoms with Gasteiger partial charge in [-0.3, -0.25) is 0 Å². The van der Waals surface area contributed by atoms with E-state index in [9.17, 15) is 0 Å². The van der Waals surface area contributed by atoms with Crippen LogP contribution in [-0.2, 0) is 5.41 Å². The first kappa shape index (κ1) is 10.9. The van der Waals surface area contributed by atoms with Crippen molar-refractivity contribution >= 4 is 23.2 Å². The van der Waals surface area contributed by atoms with Crippen molar-refractivity contribution in [2.45, 2.75) is 30.9 Å². The molecule has 0 aromatic heterocycles. The van der Waals surface area contributed by atoms with Crippen LogP contribution in [0.15, 0.2) is 18.2 Å². The van der Waals surface area contributed by atoms with Crippen molar-refractivity contribution in [3.63, 3.8) is 0 Å². The van der Waals surface area contributed by atoms with Crippen molar-refractivity contribution in [3.8, 4) is 11.5 Å². The number of halogens is 2. The Kier molecular flexibility index (Phi) is 2.32. The van der Waals surface area contributed by atoms with E-state index in [-0.39, 0.29) is 5.41 Å². The maximum atomic E-state index is 5.72. The molecule has 0 saturated carbocycles. The van der Waals surface area contributed by atoms with Gasteiger partial charge < -0.3 is 9.47 Å². The standard InChI is InChI=1S/C11H12Cl2O2/c1-10(2,3)7-4-5-8-9(6-7)15-11(12,13)14-8/h4-6H,1-3H3. The Labute approximate surface area is 99.1 Å². The van der Waals surface area contributed by atoms with Crippen molar-refractivity contribution in [2.75, 3.05) is 0 Å². The highest BCUT2D eigenvalue weighted by atomic mass is 35.5. The van der Waals surface area contributed by atoms with E-state index < -0.39 is 4.71 Å². The number of benzene rings is 1. The van der Waals surface area contributed by atoms with Gasteiger partial charge >= 0.3 is 4.71 Å². The molecule has 0 radical (unpaired) electrons. The van der Waals surface area contributed by atoms with E-state index in [0.29, 0.717) is 11.5 Å². The van der Waals surface area contributed by atoms with E-state index in [1.165, 1.54) is 0 Å². The van der Waals surface area contributed by atoms with Crippen molar-refractivity contribution in [3.05, 3.63) is 23.8 Å². The molecule has 0 unspecified atom stereocenters. The highest BCUT2D eigenvalue weighted by molar-refractivity contribution is 6.46. The summed E-state index contributed by atoms with van der Waals surface area (Å²) >= 11 is 11.4. The summed E-state index contributed by atoms with van der Waals surface area (Å²) in [5.41, 5.74) is 1.21. The molecule has 0 aliphatic carbocycles. The second-order valence-electron chi connectivity index (χ2n) is 4.58. The summed E-state index contributed by atoms with van der Waals surface area (Å²) in [7, 11) is 0. The molecule has 0 N–H and O–H groups in total. The molecule has 15 heavy (non-hydrogen) atoms. The Bertz CT molecular complexity index is 394. The van der Waals surface area contributed by atoms with Crippen molar-refractivity contribution in [1.29, 1.82) is 0 Å². The van der Waals surface area contributed by atoms with Gasteiger partial charge in [0.05, 0.1) is 0 Å². The van der Waals surface area contributed by atoms with Crippen LogP contribution in [0, 0.1) is 0 Å². The molecule has 0 fully saturated rings. The maximum absolute atomic E-state index is 5.72. The fraction of sp³-hybridized carbons (Fsp3) is 0.455. The molecule has 1 aromatic rings. The van der Waals surface area contributed by atoms with Crippen LogP contribution in [0.1, 0.15) is 26.3 Å². The van der Waals surface area contributed by atoms with E-state index in [1.54, 1.807) is 0 Å². The third kappa shape index (κ3) is 2.16. The second kappa shape index (κ2) is 3.19. The zero-order valence-corrected chi connectivity index (χ0v) is 10.3. The van der Waals surface area contributed by atoms with Gasteiger partial charge in [-0.1, -0.05) is 26.8 Å². The highest BCUT2D eigenvalue weighted by Gasteiger charge is 2.38. The number of rotatable bonds is 0. The van der Waals surface area contributed by atoms with Gasteiger partial charge in [-0.25, -0.2) is 0 Å². The average molecular weight is 247 g/mol. The summed E-state index contributed by atoms with van der Waals surface area (Å²) < 4.78 is 8.82. The number of ether oxygens (including phenoxy) is 2. The minimum atomic E-state index is -1.58. The topological polar surface area (TPSA) is 18.5 Å². The van der Waals surface area contributed by atoms with Gasteiger partial charge in [-0.05, 0) is 46.3 Å². The van der Waals surface area contributed by atoms with Crippen LogP contribution in [0.5, 0.6) is 11.5 Å². The van der Waals surface area contributed by atoms with E-state index in [0.717, 1.165) is 5.56 Å². The third-order valence-electron chi connectivity index (χ3n) is 2.27. The first-order valence-electron chi connectivity index (χ1n) is 4.68. The first-order chi connectivity index (χ1) is 6.78. The van der Waals surface area contributed by atoms with Gasteiger partial charge in [0.2, 0.25) is 0 Å². The predicted octanol–water partition coefficient (Wildman–Crippen LogP) is 3.84. The van der Waals surface area contributed by atoms with Crippen molar-refractivity contribution in [1.82, 2.24) is 0 Å². The molecule has 0 saturated heterocycles. The molecule has 0 spiro atoms. The largest absolute Gasteiger partial charge is 0.423 e. The molecule has 0 bridgehead atoms. The third-order valence-corrected chi connectivity index (χ3v) is 2.58. The lowest BCUT2D eigenvalue weighted by molar-refractivity contribution is 0.0849. The lowest BCUT2D eigenvalue weighted by atomic mass is 9.87. The predicted molar refractivity (Wildman–Crippen MR) is 60.8 cm³/mol. The molecule has 1 aliphatic heterocycles. The van der Waals surface area contributed by atoms with Crippen LogP contribution in [-0.4, -0.2) is 4.71 Å². The summed E-state index contributed by atoms with van der Waals surface area (Å²) in [5.74, 6) is 1.17. The van der Waals surface area contributed by atoms with Gasteiger partial charge in [0, 0.05) is 0 Å². The highest BCUT2D eigenvalue weighted by Crippen LogP contribution is 2.44. The first-order valence-corrected chi connectivity index (χ1v) is 5.44. The fourth-order valence-corrected chi connectivity index (χ4v) is 1.75. The number of fused-ring (bicyclic) bond motifs is 1. The molecule has 1 aliphatic rings. The monoisotopic (exact) mass is 246 g/mol. The molecule has 2 rings (SSSR count). The molecule has 0 atom stereocenters. The van der Waals surface area contributed by atoms with Crippen LogP contribution < -0.4 is 9.47 Å². The van der Waals surface area contributed by atoms with Gasteiger partial charge in [0.25, 0.3) is 0 Å². The van der Waals surface area contributed by atoms with Gasteiger partial charge in [-0.2, -0.15) is 0 Å². The normalized spacial score (nSPS) is 17.9. The molecule has 82 valence electrons. The Morgan fingerprint density at radius 2 is 1.67 bits per heavy atom. The zero-order chi connectivity index (χ0) is 11.3. The quantitative estimate of drug-likeness (QED) is 0.648. The summed E-state index contributed by atoms with van der Waals surface area (Å²) in [6.07, 6.45) is 0. The maximum Gasteiger partial charge on any atom is 0.419 e. The van der Waals surface area contributed by atoms with Gasteiger partial charge in [-0.15, -0.1) is 0 Å². The Balaban J connectivity index is 2.39. The van der Waals surface area contributed by atoms with E-state index in [1.807, 2.05) is 18.2 Å². The molecular weight excluding hydrogens is 235 g/mol. The van der Waals surface area contributed by atoms with E-state index >= 15 is 0 Å². The van der Waals surface area contributed by atoms with Crippen molar-refractivity contribution < 1.29 is 9.47 Å². The lowest BCUT2D eigenvalue weighted by Crippen LogP contribution is -2.22. The molecule has 4 heteroatoms. The summed E-state index contributed by atoms with van der Waals surface area (Å²) in [5, 5.41) is 0. The summed E-state index contributed by atoms with van der Waals surface area (Å²) in [6, 6.07) is 5.71. The minimum absolute atomic E-state index is 0.0578. The number of hydrogen-bond acceptors (Lipinski definition) is 2. The molecule has 1 heterocycles. The van der Waals surface area contributed by atoms with Crippen LogP contribution in [0.2, 0.25) is 0 Å². The molecule has 2 nitrogen and oxygen atoms in total. The van der Waals surface area contributed by atoms with Crippen LogP contribution in [0.25, 0.3) is 0 Å². The fourth-order valence-electron chi connectivity index (χ4n) is 1.42. The lowest BCUT2D eigenvalue weighted by Gasteiger charge is -2.18. The average Bonchev–Trinajstić information content (AvgIpc) is 2.34. The van der Waals surface area contributed by atoms with Gasteiger partial charge in [0.15, 0.2) is 11.5 Å². The second-order valence-corrected chi connectivity index (χ2v) is 5.77. The molecular formula is C11H12Cl2O2. The summed E-state index contributed by atoms with van der Waals surface area (Å²) in [4.78, 5) is 0. The van der Waals surface area contributed by atoms with Crippen molar-refractivity contribution in [2.24, 2.45) is 0 Å². The van der Waals surface area contributed by atoms with Gasteiger partial charge in [0.1, 0.15) is 0 Å². The number of alkyl halides is 2. The smallest absolute Gasteiger partial charge is 0.419 e. The van der Waals surface area contributed by atoms with Crippen LogP contribution >= 0.6 is 23.2 Å². The Hall–Kier alpha value is -0.600. The Morgan fingerprint density at radius 1 is 1.07 bits per heavy atom. The molecule has 1 aromatic carbocycles. The van der Waals surface area contributed by atoms with E-state index in [4.69, 9.17) is 32.7 Å². The molecule has 0 amide bonds. The van der Waals surface area contributed by atoms with Crippen LogP contribution in [0.3, 0.4) is 0 Å². The zero-order valence-electron chi connectivity index (χ0n) is 8.80. The van der Waals surface area contributed by atoms with E-state index in [2.05, 4.69) is 20.8 Å². The number of hydrogen-bond donors (Lipinski definition) is 0. The summed E-state index contributed by atoms with van der Waals surface area (Å²) in [6.45, 7) is 6.37. The minimum Gasteiger partial charge on any atom is -0.423 e. The Morgan fingerprint density at radius 3 is 2.27 bits per heavy atom.